The van der Waals surface area contributed by atoms with Gasteiger partial charge in [-0.2, -0.15) is 4.73 Å². The molecule has 3 aromatic rings. The van der Waals surface area contributed by atoms with Crippen LogP contribution in [0.3, 0.4) is 0 Å². The predicted molar refractivity (Wildman–Crippen MR) is 73.4 cm³/mol. The van der Waals surface area contributed by atoms with E-state index in [9.17, 15) is 5.21 Å². The number of nitrogens with zero attached hydrogens (tertiary/aromatic N) is 1. The van der Waals surface area contributed by atoms with Crippen LogP contribution >= 0.6 is 11.6 Å². The molecule has 88 valence electrons. The zero-order chi connectivity index (χ0) is 12.5. The Balaban J connectivity index is 2.27. The molecule has 1 heterocycles. The fourth-order valence-electron chi connectivity index (χ4n) is 2.03. The molecule has 0 spiro atoms. The van der Waals surface area contributed by atoms with Crippen molar-refractivity contribution in [1.29, 1.82) is 0 Å². The average molecular weight is 256 g/mol. The number of halogens is 1. The summed E-state index contributed by atoms with van der Waals surface area (Å²) in [6.45, 7) is 0. The molecule has 0 aliphatic heterocycles. The molecule has 0 saturated carbocycles. The Bertz CT molecular complexity index is 710. The second-order valence-corrected chi connectivity index (χ2v) is 4.56. The number of fused-ring (bicyclic) bond motifs is 1. The third-order valence-electron chi connectivity index (χ3n) is 2.90. The van der Waals surface area contributed by atoms with E-state index in [0.29, 0.717) is 10.5 Å². The number of rotatable bonds is 1. The lowest BCUT2D eigenvalue weighted by Crippen LogP contribution is -2.26. The number of aromatic nitrogens is 1. The van der Waals surface area contributed by atoms with Gasteiger partial charge in [0.05, 0.1) is 0 Å². The molecule has 0 N–H and O–H groups in total. The molecule has 18 heavy (non-hydrogen) atoms. The lowest BCUT2D eigenvalue weighted by molar-refractivity contribution is -0.576. The number of benzene rings is 2. The molecule has 3 rings (SSSR count). The monoisotopic (exact) mass is 255 g/mol. The van der Waals surface area contributed by atoms with Crippen LogP contribution in [0.4, 0.5) is 0 Å². The fourth-order valence-corrected chi connectivity index (χ4v) is 2.21. The highest BCUT2D eigenvalue weighted by atomic mass is 35.5. The van der Waals surface area contributed by atoms with Crippen LogP contribution < -0.4 is 4.73 Å². The Morgan fingerprint density at radius 3 is 2.44 bits per heavy atom. The molecular formula is C15H10ClNO. The van der Waals surface area contributed by atoms with Crippen LogP contribution in [0.1, 0.15) is 0 Å². The second-order valence-electron chi connectivity index (χ2n) is 4.12. The maximum atomic E-state index is 12.0. The number of pyridine rings is 1. The van der Waals surface area contributed by atoms with Crippen molar-refractivity contribution >= 4 is 22.5 Å². The standard InChI is InChI=1S/C15H10ClNO/c16-14-6-7-15-12(9-14)8-13(10-17(15)18)11-4-2-1-3-5-11/h1-10H. The van der Waals surface area contributed by atoms with E-state index in [1.807, 2.05) is 36.4 Å². The first-order valence-electron chi connectivity index (χ1n) is 5.62. The SMILES string of the molecule is [O-][n+]1cc(-c2ccccc2)cc2cc(Cl)ccc21. The van der Waals surface area contributed by atoms with E-state index in [0.717, 1.165) is 21.2 Å². The van der Waals surface area contributed by atoms with E-state index >= 15 is 0 Å². The van der Waals surface area contributed by atoms with Crippen molar-refractivity contribution in [3.8, 4) is 11.1 Å². The van der Waals surface area contributed by atoms with E-state index in [1.165, 1.54) is 0 Å². The molecule has 0 saturated heterocycles. The molecule has 1 aromatic heterocycles. The minimum absolute atomic E-state index is 0.624. The van der Waals surface area contributed by atoms with Gasteiger partial charge < -0.3 is 5.21 Å². The van der Waals surface area contributed by atoms with Gasteiger partial charge in [-0.3, -0.25) is 0 Å². The summed E-state index contributed by atoms with van der Waals surface area (Å²) >= 11 is 5.96. The minimum Gasteiger partial charge on any atom is -0.618 e. The summed E-state index contributed by atoms with van der Waals surface area (Å²) in [5.74, 6) is 0. The van der Waals surface area contributed by atoms with Gasteiger partial charge in [0.15, 0.2) is 6.20 Å². The van der Waals surface area contributed by atoms with Gasteiger partial charge in [0, 0.05) is 22.0 Å². The fraction of sp³-hybridized carbons (Fsp3) is 0. The Kier molecular flexibility index (Phi) is 2.65. The maximum Gasteiger partial charge on any atom is 0.223 e. The van der Waals surface area contributed by atoms with Crippen molar-refractivity contribution in [2.75, 3.05) is 0 Å². The largest absolute Gasteiger partial charge is 0.618 e. The summed E-state index contributed by atoms with van der Waals surface area (Å²) in [5, 5.41) is 13.4. The summed E-state index contributed by atoms with van der Waals surface area (Å²) in [7, 11) is 0. The van der Waals surface area contributed by atoms with E-state index < -0.39 is 0 Å². The highest BCUT2D eigenvalue weighted by Gasteiger charge is 2.08. The van der Waals surface area contributed by atoms with Crippen molar-refractivity contribution in [1.82, 2.24) is 0 Å². The van der Waals surface area contributed by atoms with Crippen LogP contribution in [-0.4, -0.2) is 0 Å². The summed E-state index contributed by atoms with van der Waals surface area (Å²) < 4.78 is 0.883. The molecule has 0 aliphatic rings. The lowest BCUT2D eigenvalue weighted by atomic mass is 10.1. The summed E-state index contributed by atoms with van der Waals surface area (Å²) in [6.07, 6.45) is 1.59. The molecule has 0 bridgehead atoms. The van der Waals surface area contributed by atoms with Gasteiger partial charge in [0.1, 0.15) is 0 Å². The Hall–Kier alpha value is -2.06. The van der Waals surface area contributed by atoms with Gasteiger partial charge in [-0.15, -0.1) is 0 Å². The molecule has 2 aromatic carbocycles. The van der Waals surface area contributed by atoms with Gasteiger partial charge in [-0.05, 0) is 23.8 Å². The third-order valence-corrected chi connectivity index (χ3v) is 3.14. The topological polar surface area (TPSA) is 26.9 Å². The number of hydrogen-bond acceptors (Lipinski definition) is 1. The molecule has 0 radical (unpaired) electrons. The van der Waals surface area contributed by atoms with Gasteiger partial charge in [0.25, 0.3) is 0 Å². The molecular weight excluding hydrogens is 246 g/mol. The minimum atomic E-state index is 0.624. The summed E-state index contributed by atoms with van der Waals surface area (Å²) in [4.78, 5) is 0. The second kappa shape index (κ2) is 4.31. The number of hydrogen-bond donors (Lipinski definition) is 0. The van der Waals surface area contributed by atoms with Crippen molar-refractivity contribution < 1.29 is 4.73 Å². The Morgan fingerprint density at radius 1 is 0.889 bits per heavy atom. The normalized spacial score (nSPS) is 10.7. The predicted octanol–water partition coefficient (Wildman–Crippen LogP) is 3.79. The first kappa shape index (κ1) is 11.1. The Morgan fingerprint density at radius 2 is 1.67 bits per heavy atom. The van der Waals surface area contributed by atoms with Gasteiger partial charge in [-0.25, -0.2) is 0 Å². The van der Waals surface area contributed by atoms with Crippen LogP contribution in [0.2, 0.25) is 5.02 Å². The van der Waals surface area contributed by atoms with E-state index in [4.69, 9.17) is 11.6 Å². The van der Waals surface area contributed by atoms with Crippen molar-refractivity contribution in [3.05, 3.63) is 71.0 Å². The smallest absolute Gasteiger partial charge is 0.223 e. The van der Waals surface area contributed by atoms with Crippen molar-refractivity contribution in [2.24, 2.45) is 0 Å². The first-order chi connectivity index (χ1) is 8.74. The van der Waals surface area contributed by atoms with Crippen LogP contribution in [0.5, 0.6) is 0 Å². The third kappa shape index (κ3) is 1.91. The molecule has 0 amide bonds. The summed E-state index contributed by atoms with van der Waals surface area (Å²) in [5.41, 5.74) is 2.53. The zero-order valence-electron chi connectivity index (χ0n) is 9.51. The van der Waals surface area contributed by atoms with Crippen LogP contribution in [0, 0.1) is 5.21 Å². The van der Waals surface area contributed by atoms with Crippen molar-refractivity contribution in [2.45, 2.75) is 0 Å². The quantitative estimate of drug-likeness (QED) is 0.480. The highest BCUT2D eigenvalue weighted by molar-refractivity contribution is 6.31. The Labute approximate surface area is 110 Å². The van der Waals surface area contributed by atoms with E-state index in [-0.39, 0.29) is 0 Å². The van der Waals surface area contributed by atoms with Gasteiger partial charge in [0.2, 0.25) is 5.52 Å². The molecule has 0 unspecified atom stereocenters. The molecule has 0 atom stereocenters. The molecule has 0 aliphatic carbocycles. The van der Waals surface area contributed by atoms with E-state index in [1.54, 1.807) is 24.4 Å². The average Bonchev–Trinajstić information content (AvgIpc) is 2.39. The van der Waals surface area contributed by atoms with Gasteiger partial charge >= 0.3 is 0 Å². The van der Waals surface area contributed by atoms with Crippen LogP contribution in [0.15, 0.2) is 60.8 Å². The molecule has 2 nitrogen and oxygen atoms in total. The summed E-state index contributed by atoms with van der Waals surface area (Å²) in [6, 6.07) is 17.0. The van der Waals surface area contributed by atoms with Gasteiger partial charge in [-0.1, -0.05) is 41.9 Å². The van der Waals surface area contributed by atoms with Crippen LogP contribution in [0.25, 0.3) is 22.0 Å². The van der Waals surface area contributed by atoms with E-state index in [2.05, 4.69) is 0 Å². The van der Waals surface area contributed by atoms with Crippen molar-refractivity contribution in [3.63, 3.8) is 0 Å². The zero-order valence-corrected chi connectivity index (χ0v) is 10.3. The van der Waals surface area contributed by atoms with Crippen LogP contribution in [-0.2, 0) is 0 Å². The molecule has 0 fully saturated rings. The highest BCUT2D eigenvalue weighted by Crippen LogP contribution is 2.23. The maximum absolute atomic E-state index is 12.0. The lowest BCUT2D eigenvalue weighted by Gasteiger charge is -2.06. The molecule has 3 heteroatoms. The first-order valence-corrected chi connectivity index (χ1v) is 6.00.